The molecule has 214 valence electrons. The summed E-state index contributed by atoms with van der Waals surface area (Å²) in [5, 5.41) is 16.1. The second-order valence-electron chi connectivity index (χ2n) is 9.97. The summed E-state index contributed by atoms with van der Waals surface area (Å²) in [4.78, 5) is 28.8. The number of carbonyl (C=O) groups is 1. The van der Waals surface area contributed by atoms with Crippen LogP contribution in [0.1, 0.15) is 24.2 Å². The number of hydrogen-bond donors (Lipinski definition) is 3. The van der Waals surface area contributed by atoms with E-state index in [0.717, 1.165) is 0 Å². The number of amides is 1. The van der Waals surface area contributed by atoms with Crippen LogP contribution in [0.4, 0.5) is 11.4 Å². The Morgan fingerprint density at radius 2 is 1.62 bits per heavy atom. The van der Waals surface area contributed by atoms with E-state index in [1.807, 2.05) is 44.2 Å². The van der Waals surface area contributed by atoms with Crippen LogP contribution in [0.25, 0.3) is 22.5 Å². The van der Waals surface area contributed by atoms with Gasteiger partial charge in [0.25, 0.3) is 5.56 Å². The summed E-state index contributed by atoms with van der Waals surface area (Å²) in [5.74, 6) is -1.31. The Balaban J connectivity index is 1.71. The first-order chi connectivity index (χ1) is 20.0. The fourth-order valence-corrected chi connectivity index (χ4v) is 6.31. The average Bonchev–Trinajstić information content (AvgIpc) is 3.40. The van der Waals surface area contributed by atoms with Crippen LogP contribution in [0.15, 0.2) is 106 Å². The van der Waals surface area contributed by atoms with E-state index in [9.17, 15) is 23.1 Å². The van der Waals surface area contributed by atoms with Crippen molar-refractivity contribution in [1.29, 1.82) is 0 Å². The summed E-state index contributed by atoms with van der Waals surface area (Å²) in [6.07, 6.45) is 1.68. The monoisotopic (exact) mass is 583 g/mol. The molecule has 5 aromatic rings. The van der Waals surface area contributed by atoms with Gasteiger partial charge in [0.1, 0.15) is 11.4 Å². The maximum absolute atomic E-state index is 13.9. The number of carbonyl (C=O) groups excluding carboxylic acids is 1. The third-order valence-electron chi connectivity index (χ3n) is 6.82. The molecule has 0 bridgehead atoms. The number of aryl methyl sites for hydroxylation is 1. The molecule has 3 aromatic carbocycles. The lowest BCUT2D eigenvalue weighted by atomic mass is 9.99. The zero-order chi connectivity index (χ0) is 30.2. The molecule has 0 aliphatic carbocycles. The van der Waals surface area contributed by atoms with E-state index in [1.54, 1.807) is 53.2 Å². The quantitative estimate of drug-likeness (QED) is 0.241. The Morgan fingerprint density at radius 1 is 0.976 bits per heavy atom. The molecular formula is C31H29N5O5S. The van der Waals surface area contributed by atoms with E-state index in [1.165, 1.54) is 24.3 Å². The third-order valence-corrected chi connectivity index (χ3v) is 8.63. The number of sulfone groups is 1. The predicted molar refractivity (Wildman–Crippen MR) is 160 cm³/mol. The number of primary amides is 1. The number of hydrogen-bond acceptors (Lipinski definition) is 7. The molecule has 11 heteroatoms. The molecule has 4 N–H and O–H groups in total. The van der Waals surface area contributed by atoms with Gasteiger partial charge in [-0.2, -0.15) is 5.10 Å². The molecule has 1 amide bonds. The van der Waals surface area contributed by atoms with Crippen LogP contribution in [0.2, 0.25) is 0 Å². The number of H-pyrrole nitrogens is 1. The number of benzene rings is 3. The van der Waals surface area contributed by atoms with Gasteiger partial charge in [0.2, 0.25) is 15.7 Å². The van der Waals surface area contributed by atoms with Gasteiger partial charge in [-0.15, -0.1) is 0 Å². The van der Waals surface area contributed by atoms with Gasteiger partial charge >= 0.3 is 0 Å². The first kappa shape index (κ1) is 28.4. The summed E-state index contributed by atoms with van der Waals surface area (Å²) < 4.78 is 29.4. The van der Waals surface area contributed by atoms with E-state index in [-0.39, 0.29) is 27.9 Å². The zero-order valence-corrected chi connectivity index (χ0v) is 24.0. The summed E-state index contributed by atoms with van der Waals surface area (Å²) in [7, 11) is -2.81. The molecule has 0 spiro atoms. The van der Waals surface area contributed by atoms with Crippen molar-refractivity contribution in [1.82, 2.24) is 14.8 Å². The maximum Gasteiger partial charge on any atom is 0.271 e. The molecule has 0 atom stereocenters. The fourth-order valence-electron chi connectivity index (χ4n) is 4.94. The van der Waals surface area contributed by atoms with Crippen molar-refractivity contribution >= 4 is 27.1 Å². The van der Waals surface area contributed by atoms with Crippen LogP contribution < -0.4 is 16.2 Å². The number of rotatable bonds is 8. The Labute approximate surface area is 242 Å². The molecule has 0 saturated carbocycles. The molecule has 0 aliphatic rings. The summed E-state index contributed by atoms with van der Waals surface area (Å²) in [6, 6.07) is 22.9. The maximum atomic E-state index is 13.9. The minimum Gasteiger partial charge on any atom is -0.504 e. The largest absolute Gasteiger partial charge is 0.504 e. The van der Waals surface area contributed by atoms with Crippen molar-refractivity contribution in [3.63, 3.8) is 0 Å². The van der Waals surface area contributed by atoms with Crippen molar-refractivity contribution in [3.05, 3.63) is 107 Å². The lowest BCUT2D eigenvalue weighted by Crippen LogP contribution is -2.29. The SMILES string of the molecule is CC(C)N(c1ccccc1)c1c(-c2ccn(C)n2)[nH]c(=O)c(S(=O)(=O)c2ccc(-c3ccccc3C(N)=O)cc2)c1O. The number of nitrogens with two attached hydrogens (primary N) is 1. The Hall–Kier alpha value is -5.16. The number of nitrogens with zero attached hydrogens (tertiary/aromatic N) is 3. The molecule has 10 nitrogen and oxygen atoms in total. The highest BCUT2D eigenvalue weighted by atomic mass is 32.2. The third kappa shape index (κ3) is 5.06. The van der Waals surface area contributed by atoms with Crippen molar-refractivity contribution in [3.8, 4) is 28.3 Å². The van der Waals surface area contributed by atoms with Crippen LogP contribution in [0.3, 0.4) is 0 Å². The van der Waals surface area contributed by atoms with Gasteiger partial charge in [-0.25, -0.2) is 8.42 Å². The number of aromatic hydroxyl groups is 1. The van der Waals surface area contributed by atoms with Crippen LogP contribution >= 0.6 is 0 Å². The molecule has 0 unspecified atom stereocenters. The van der Waals surface area contributed by atoms with Gasteiger partial charge in [0.15, 0.2) is 10.6 Å². The lowest BCUT2D eigenvalue weighted by Gasteiger charge is -2.31. The number of aromatic nitrogens is 3. The Morgan fingerprint density at radius 3 is 2.21 bits per heavy atom. The molecule has 0 saturated heterocycles. The average molecular weight is 584 g/mol. The van der Waals surface area contributed by atoms with Crippen LogP contribution in [0, 0.1) is 0 Å². The van der Waals surface area contributed by atoms with E-state index >= 15 is 0 Å². The normalized spacial score (nSPS) is 11.5. The van der Waals surface area contributed by atoms with Crippen molar-refractivity contribution in [2.75, 3.05) is 4.90 Å². The van der Waals surface area contributed by atoms with Gasteiger partial charge < -0.3 is 20.7 Å². The van der Waals surface area contributed by atoms with Crippen LogP contribution in [-0.2, 0) is 16.9 Å². The van der Waals surface area contributed by atoms with Crippen LogP contribution in [-0.4, -0.2) is 40.2 Å². The molecule has 0 fully saturated rings. The minimum absolute atomic E-state index is 0.0973. The summed E-state index contributed by atoms with van der Waals surface area (Å²) in [5.41, 5.74) is 7.19. The lowest BCUT2D eigenvalue weighted by molar-refractivity contribution is 0.100. The second kappa shape index (κ2) is 11.0. The molecule has 2 heterocycles. The first-order valence-electron chi connectivity index (χ1n) is 13.1. The van der Waals surface area contributed by atoms with Crippen molar-refractivity contribution in [2.45, 2.75) is 29.7 Å². The number of aromatic amines is 1. The van der Waals surface area contributed by atoms with Gasteiger partial charge in [-0.05, 0) is 61.4 Å². The highest BCUT2D eigenvalue weighted by Gasteiger charge is 2.33. The van der Waals surface area contributed by atoms with Gasteiger partial charge in [-0.3, -0.25) is 14.3 Å². The van der Waals surface area contributed by atoms with Crippen molar-refractivity contribution in [2.24, 2.45) is 12.8 Å². The van der Waals surface area contributed by atoms with Gasteiger partial charge in [-0.1, -0.05) is 48.5 Å². The molecule has 2 aromatic heterocycles. The molecule has 5 rings (SSSR count). The van der Waals surface area contributed by atoms with E-state index in [4.69, 9.17) is 5.73 Å². The number of pyridine rings is 1. The fraction of sp³-hybridized carbons (Fsp3) is 0.129. The standard InChI is InChI=1S/C31H29N5O5S/c1-19(2)36(21-9-5-4-6-10-21)27-26(25-17-18-35(3)34-25)33-31(39)29(28(27)37)42(40,41)22-15-13-20(14-16-22)23-11-7-8-12-24(23)30(32)38/h4-19H,1-3H3,(H2,32,38)(H2,33,37,39). The smallest absolute Gasteiger partial charge is 0.271 e. The van der Waals surface area contributed by atoms with E-state index < -0.39 is 31.9 Å². The van der Waals surface area contributed by atoms with Gasteiger partial charge in [0.05, 0.1) is 10.6 Å². The molecule has 42 heavy (non-hydrogen) atoms. The van der Waals surface area contributed by atoms with E-state index in [2.05, 4.69) is 10.1 Å². The molecule has 0 aliphatic heterocycles. The predicted octanol–water partition coefficient (Wildman–Crippen LogP) is 4.63. The zero-order valence-electron chi connectivity index (χ0n) is 23.1. The highest BCUT2D eigenvalue weighted by molar-refractivity contribution is 7.91. The van der Waals surface area contributed by atoms with Crippen molar-refractivity contribution < 1.29 is 18.3 Å². The number of anilines is 2. The second-order valence-corrected chi connectivity index (χ2v) is 11.9. The highest BCUT2D eigenvalue weighted by Crippen LogP contribution is 2.44. The summed E-state index contributed by atoms with van der Waals surface area (Å²) >= 11 is 0. The number of para-hydroxylation sites is 1. The minimum atomic E-state index is -4.52. The van der Waals surface area contributed by atoms with Crippen LogP contribution in [0.5, 0.6) is 5.75 Å². The number of nitrogens with one attached hydrogen (secondary N) is 1. The molecule has 0 radical (unpaired) electrons. The first-order valence-corrected chi connectivity index (χ1v) is 14.6. The van der Waals surface area contributed by atoms with Gasteiger partial charge in [0, 0.05) is 30.5 Å². The Bertz CT molecular complexity index is 1950. The topological polar surface area (TPSA) is 151 Å². The van der Waals surface area contributed by atoms with E-state index in [0.29, 0.717) is 22.5 Å². The summed E-state index contributed by atoms with van der Waals surface area (Å²) in [6.45, 7) is 3.77. The molecular weight excluding hydrogens is 554 g/mol. The Kier molecular flexibility index (Phi) is 7.44.